The molecule has 82 valence electrons. The van der Waals surface area contributed by atoms with E-state index in [1.807, 2.05) is 0 Å². The molecule has 0 fully saturated rings. The largest absolute Gasteiger partial charge is 0.408 e. The summed E-state index contributed by atoms with van der Waals surface area (Å²) >= 11 is 5.68. The topological polar surface area (TPSA) is 90.1 Å². The summed E-state index contributed by atoms with van der Waals surface area (Å²) in [4.78, 5) is 20.8. The molecule has 8 heteroatoms. The van der Waals surface area contributed by atoms with Gasteiger partial charge in [-0.3, -0.25) is 4.79 Å². The fourth-order valence-electron chi connectivity index (χ4n) is 0.994. The van der Waals surface area contributed by atoms with Crippen LogP contribution >= 0.6 is 11.6 Å². The average Bonchev–Trinajstić information content (AvgIpc) is 2.46. The van der Waals surface area contributed by atoms with Crippen molar-refractivity contribution in [2.45, 2.75) is 13.5 Å². The first-order valence-electron chi connectivity index (χ1n) is 4.05. The standard InChI is InChI=1S/C7H9ClN4O3/c1-4-6(8)7(12(14)15)10-11(4)3-5(13)9-2/h3H2,1-2H3,(H,9,13). The number of likely N-dealkylation sites (N-methyl/N-ethyl adjacent to an activating group) is 1. The van der Waals surface area contributed by atoms with E-state index in [0.717, 1.165) is 0 Å². The van der Waals surface area contributed by atoms with E-state index in [-0.39, 0.29) is 17.5 Å². The number of carbonyl (C=O) groups is 1. The maximum absolute atomic E-state index is 11.0. The quantitative estimate of drug-likeness (QED) is 0.607. The minimum atomic E-state index is -0.685. The highest BCUT2D eigenvalue weighted by Crippen LogP contribution is 2.25. The van der Waals surface area contributed by atoms with E-state index in [1.54, 1.807) is 6.92 Å². The van der Waals surface area contributed by atoms with Gasteiger partial charge in [0.05, 0.1) is 10.8 Å². The predicted octanol–water partition coefficient (Wildman–Crippen LogP) is 0.499. The summed E-state index contributed by atoms with van der Waals surface area (Å²) in [6.45, 7) is 1.47. The van der Waals surface area contributed by atoms with Crippen LogP contribution in [0.3, 0.4) is 0 Å². The van der Waals surface area contributed by atoms with Crippen LogP contribution in [-0.2, 0) is 11.3 Å². The molecule has 0 saturated heterocycles. The Balaban J connectivity index is 3.05. The second-order valence-electron chi connectivity index (χ2n) is 2.81. The van der Waals surface area contributed by atoms with Gasteiger partial charge in [-0.2, -0.15) is 4.68 Å². The minimum Gasteiger partial charge on any atom is -0.358 e. The Morgan fingerprint density at radius 3 is 2.73 bits per heavy atom. The van der Waals surface area contributed by atoms with Gasteiger partial charge in [-0.25, -0.2) is 0 Å². The molecule has 7 nitrogen and oxygen atoms in total. The molecule has 0 bridgehead atoms. The first-order chi connectivity index (χ1) is 6.97. The van der Waals surface area contributed by atoms with Crippen LogP contribution in [0.4, 0.5) is 5.82 Å². The van der Waals surface area contributed by atoms with Gasteiger partial charge >= 0.3 is 5.82 Å². The van der Waals surface area contributed by atoms with Gasteiger partial charge in [-0.05, 0) is 11.8 Å². The van der Waals surface area contributed by atoms with Crippen LogP contribution in [0.5, 0.6) is 0 Å². The van der Waals surface area contributed by atoms with Crippen LogP contribution in [0, 0.1) is 17.0 Å². The Kier molecular flexibility index (Phi) is 3.25. The summed E-state index contributed by atoms with van der Waals surface area (Å²) in [6.07, 6.45) is 0. The molecule has 0 unspecified atom stereocenters. The van der Waals surface area contributed by atoms with Gasteiger partial charge in [-0.15, -0.1) is 0 Å². The molecule has 0 radical (unpaired) electrons. The highest BCUT2D eigenvalue weighted by atomic mass is 35.5. The molecule has 1 heterocycles. The molecular weight excluding hydrogens is 224 g/mol. The van der Waals surface area contributed by atoms with Gasteiger partial charge in [0.1, 0.15) is 6.54 Å². The van der Waals surface area contributed by atoms with Crippen LogP contribution in [0.15, 0.2) is 0 Å². The highest BCUT2D eigenvalue weighted by molar-refractivity contribution is 6.33. The monoisotopic (exact) mass is 232 g/mol. The second kappa shape index (κ2) is 4.26. The molecule has 15 heavy (non-hydrogen) atoms. The molecule has 0 aromatic carbocycles. The zero-order valence-electron chi connectivity index (χ0n) is 8.15. The van der Waals surface area contributed by atoms with E-state index in [4.69, 9.17) is 11.6 Å². The lowest BCUT2D eigenvalue weighted by molar-refractivity contribution is -0.389. The van der Waals surface area contributed by atoms with Crippen LogP contribution in [-0.4, -0.2) is 27.7 Å². The van der Waals surface area contributed by atoms with E-state index in [1.165, 1.54) is 11.7 Å². The Hall–Kier alpha value is -1.63. The first-order valence-corrected chi connectivity index (χ1v) is 4.43. The Bertz CT molecular complexity index is 415. The van der Waals surface area contributed by atoms with Gasteiger partial charge in [0.15, 0.2) is 5.02 Å². The minimum absolute atomic E-state index is 0.0381. The van der Waals surface area contributed by atoms with Crippen molar-refractivity contribution in [3.63, 3.8) is 0 Å². The molecule has 1 N–H and O–H groups in total. The van der Waals surface area contributed by atoms with Crippen LogP contribution in [0.1, 0.15) is 5.69 Å². The number of hydrogen-bond acceptors (Lipinski definition) is 4. The number of halogens is 1. The Labute approximate surface area is 90.2 Å². The molecule has 0 aliphatic rings. The molecule has 0 spiro atoms. The second-order valence-corrected chi connectivity index (χ2v) is 3.19. The van der Waals surface area contributed by atoms with Crippen molar-refractivity contribution in [3.05, 3.63) is 20.8 Å². The average molecular weight is 233 g/mol. The van der Waals surface area contributed by atoms with Crippen LogP contribution in [0.2, 0.25) is 5.02 Å². The van der Waals surface area contributed by atoms with E-state index in [0.29, 0.717) is 5.69 Å². The van der Waals surface area contributed by atoms with Gasteiger partial charge in [0, 0.05) is 7.05 Å². The van der Waals surface area contributed by atoms with Gasteiger partial charge in [0.2, 0.25) is 5.91 Å². The Morgan fingerprint density at radius 1 is 1.73 bits per heavy atom. The zero-order chi connectivity index (χ0) is 11.6. The predicted molar refractivity (Wildman–Crippen MR) is 52.7 cm³/mol. The maximum Gasteiger partial charge on any atom is 0.408 e. The number of rotatable bonds is 3. The molecule has 0 saturated carbocycles. The fraction of sp³-hybridized carbons (Fsp3) is 0.429. The maximum atomic E-state index is 11.0. The third-order valence-corrected chi connectivity index (χ3v) is 2.30. The fourth-order valence-corrected chi connectivity index (χ4v) is 1.20. The molecule has 1 aromatic rings. The summed E-state index contributed by atoms with van der Waals surface area (Å²) in [5.74, 6) is -0.731. The summed E-state index contributed by atoms with van der Waals surface area (Å²) in [6, 6.07) is 0. The number of amides is 1. The summed E-state index contributed by atoms with van der Waals surface area (Å²) in [7, 11) is 1.47. The van der Waals surface area contributed by atoms with Crippen molar-refractivity contribution in [3.8, 4) is 0 Å². The van der Waals surface area contributed by atoms with Crippen molar-refractivity contribution in [1.82, 2.24) is 15.1 Å². The van der Waals surface area contributed by atoms with Crippen LogP contribution < -0.4 is 5.32 Å². The lowest BCUT2D eigenvalue weighted by Gasteiger charge is -1.97. The third kappa shape index (κ3) is 2.24. The number of carbonyl (C=O) groups excluding carboxylic acids is 1. The summed E-state index contributed by atoms with van der Waals surface area (Å²) < 4.78 is 1.19. The summed E-state index contributed by atoms with van der Waals surface area (Å²) in [5, 5.41) is 16.5. The van der Waals surface area contributed by atoms with E-state index in [9.17, 15) is 14.9 Å². The summed E-state index contributed by atoms with van der Waals surface area (Å²) in [5.41, 5.74) is 0.395. The van der Waals surface area contributed by atoms with Gasteiger partial charge in [-0.1, -0.05) is 11.6 Å². The number of nitrogens with zero attached hydrogens (tertiary/aromatic N) is 3. The van der Waals surface area contributed by atoms with Gasteiger partial charge < -0.3 is 15.4 Å². The highest BCUT2D eigenvalue weighted by Gasteiger charge is 2.24. The van der Waals surface area contributed by atoms with Crippen LogP contribution in [0.25, 0.3) is 0 Å². The van der Waals surface area contributed by atoms with Crippen molar-refractivity contribution in [2.24, 2.45) is 0 Å². The number of hydrogen-bond donors (Lipinski definition) is 1. The van der Waals surface area contributed by atoms with E-state index < -0.39 is 10.7 Å². The molecule has 1 rings (SSSR count). The van der Waals surface area contributed by atoms with E-state index in [2.05, 4.69) is 10.4 Å². The number of nitro groups is 1. The Morgan fingerprint density at radius 2 is 2.33 bits per heavy atom. The number of aromatic nitrogens is 2. The third-order valence-electron chi connectivity index (χ3n) is 1.86. The molecule has 0 aliphatic heterocycles. The van der Waals surface area contributed by atoms with Crippen molar-refractivity contribution < 1.29 is 9.72 Å². The lowest BCUT2D eigenvalue weighted by atomic mass is 10.4. The van der Waals surface area contributed by atoms with Crippen molar-refractivity contribution in [2.75, 3.05) is 7.05 Å². The van der Waals surface area contributed by atoms with Crippen molar-refractivity contribution in [1.29, 1.82) is 0 Å². The number of nitrogens with one attached hydrogen (secondary N) is 1. The zero-order valence-corrected chi connectivity index (χ0v) is 8.91. The SMILES string of the molecule is CNC(=O)Cn1nc([N+](=O)[O-])c(Cl)c1C. The smallest absolute Gasteiger partial charge is 0.358 e. The molecular formula is C7H9ClN4O3. The van der Waals surface area contributed by atoms with Crippen molar-refractivity contribution >= 4 is 23.3 Å². The normalized spacial score (nSPS) is 10.1. The molecule has 0 aliphatic carbocycles. The van der Waals surface area contributed by atoms with Gasteiger partial charge in [0.25, 0.3) is 0 Å². The first kappa shape index (κ1) is 11.4. The molecule has 1 aromatic heterocycles. The molecule has 0 atom stereocenters. The lowest BCUT2D eigenvalue weighted by Crippen LogP contribution is -2.24. The van der Waals surface area contributed by atoms with E-state index >= 15 is 0 Å². The molecule has 1 amide bonds.